The summed E-state index contributed by atoms with van der Waals surface area (Å²) in [5.41, 5.74) is 11.9. The summed E-state index contributed by atoms with van der Waals surface area (Å²) in [7, 11) is 0. The number of nitrogens with one attached hydrogen (secondary N) is 2. The molecule has 7 N–H and O–H groups in total. The highest BCUT2D eigenvalue weighted by molar-refractivity contribution is 5.93. The van der Waals surface area contributed by atoms with E-state index in [2.05, 4.69) is 15.6 Å². The van der Waals surface area contributed by atoms with E-state index in [4.69, 9.17) is 21.3 Å². The Kier molecular flexibility index (Phi) is 15.1. The SMILES string of the molecule is CC(N)=NCCC[C@@H](C=O)NC(=O)CCC(=O)[C@H](CCC(=O)O)NC(=O)OCCCc1cccc(C(N)=O)c1. The van der Waals surface area contributed by atoms with Crippen molar-refractivity contribution < 1.29 is 38.6 Å². The van der Waals surface area contributed by atoms with Gasteiger partial charge in [0, 0.05) is 31.4 Å². The summed E-state index contributed by atoms with van der Waals surface area (Å²) in [5, 5.41) is 13.9. The number of carboxylic acid groups (broad SMARTS) is 1. The highest BCUT2D eigenvalue weighted by Crippen LogP contribution is 2.09. The van der Waals surface area contributed by atoms with Crippen molar-refractivity contribution in [2.45, 2.75) is 70.4 Å². The second-order valence-corrected chi connectivity index (χ2v) is 8.88. The number of Topliss-reactive ketones (excluding diaryl/α,β-unsaturated/α-hetero) is 1. The standard InChI is InChI=1S/C26H37N5O8/c1-17(27)29-13-3-8-20(16-32)30-23(34)11-10-22(33)21(9-12-24(35)36)31-26(38)39-14-4-6-18-5-2-7-19(15-18)25(28)37/h2,5,7,15-16,20-21H,3-4,6,8-14H2,1H3,(H2,27,29)(H2,28,37)(H,30,34)(H,31,38)(H,35,36)/t20-,21-/m0/s1. The zero-order valence-electron chi connectivity index (χ0n) is 22.0. The fourth-order valence-electron chi connectivity index (χ4n) is 3.52. The van der Waals surface area contributed by atoms with Gasteiger partial charge in [0.05, 0.1) is 24.5 Å². The van der Waals surface area contributed by atoms with E-state index in [9.17, 15) is 28.8 Å². The molecule has 0 aliphatic carbocycles. The van der Waals surface area contributed by atoms with Gasteiger partial charge in [0.15, 0.2) is 5.78 Å². The first kappa shape index (κ1) is 32.7. The maximum absolute atomic E-state index is 12.7. The van der Waals surface area contributed by atoms with E-state index < -0.39 is 41.7 Å². The van der Waals surface area contributed by atoms with Crippen molar-refractivity contribution in [2.75, 3.05) is 13.2 Å². The Balaban J connectivity index is 2.52. The van der Waals surface area contributed by atoms with Crippen LogP contribution in [-0.4, -0.2) is 72.1 Å². The van der Waals surface area contributed by atoms with Gasteiger partial charge in [-0.05, 0) is 56.7 Å². The third-order valence-corrected chi connectivity index (χ3v) is 5.53. The average Bonchev–Trinajstić information content (AvgIpc) is 2.89. The molecule has 1 aromatic carbocycles. The molecule has 0 heterocycles. The van der Waals surface area contributed by atoms with Crippen molar-refractivity contribution in [2.24, 2.45) is 16.5 Å². The van der Waals surface area contributed by atoms with Gasteiger partial charge in [-0.15, -0.1) is 0 Å². The van der Waals surface area contributed by atoms with Crippen LogP contribution >= 0.6 is 0 Å². The van der Waals surface area contributed by atoms with Crippen LogP contribution in [0.4, 0.5) is 4.79 Å². The largest absolute Gasteiger partial charge is 0.481 e. The van der Waals surface area contributed by atoms with Crippen molar-refractivity contribution in [3.05, 3.63) is 35.4 Å². The van der Waals surface area contributed by atoms with E-state index in [-0.39, 0.29) is 32.3 Å². The Labute approximate surface area is 226 Å². The predicted molar refractivity (Wildman–Crippen MR) is 142 cm³/mol. The second-order valence-electron chi connectivity index (χ2n) is 8.88. The number of aryl methyl sites for hydroxylation is 1. The molecular weight excluding hydrogens is 510 g/mol. The number of alkyl carbamates (subject to hydrolysis) is 1. The number of amidine groups is 1. The molecule has 13 nitrogen and oxygen atoms in total. The number of aldehydes is 1. The van der Waals surface area contributed by atoms with E-state index in [0.717, 1.165) is 5.56 Å². The minimum absolute atomic E-state index is 0.0120. The van der Waals surface area contributed by atoms with Gasteiger partial charge in [-0.1, -0.05) is 12.1 Å². The molecule has 0 aromatic heterocycles. The van der Waals surface area contributed by atoms with Gasteiger partial charge in [-0.3, -0.25) is 24.2 Å². The Hall–Kier alpha value is -4.29. The molecule has 3 amide bonds. The number of primary amides is 1. The summed E-state index contributed by atoms with van der Waals surface area (Å²) in [6, 6.07) is 4.84. The summed E-state index contributed by atoms with van der Waals surface area (Å²) < 4.78 is 5.11. The van der Waals surface area contributed by atoms with Gasteiger partial charge in [0.1, 0.15) is 6.29 Å². The molecule has 1 aromatic rings. The molecule has 214 valence electrons. The first-order chi connectivity index (χ1) is 18.5. The molecule has 0 spiro atoms. The van der Waals surface area contributed by atoms with Crippen molar-refractivity contribution in [1.29, 1.82) is 0 Å². The summed E-state index contributed by atoms with van der Waals surface area (Å²) in [6.07, 6.45) is 0.450. The van der Waals surface area contributed by atoms with E-state index in [1.54, 1.807) is 31.2 Å². The fourth-order valence-corrected chi connectivity index (χ4v) is 3.52. The summed E-state index contributed by atoms with van der Waals surface area (Å²) >= 11 is 0. The maximum Gasteiger partial charge on any atom is 0.407 e. The molecule has 1 rings (SSSR count). The molecule has 0 aliphatic heterocycles. The number of benzene rings is 1. The zero-order chi connectivity index (χ0) is 29.2. The van der Waals surface area contributed by atoms with Crippen LogP contribution in [0.2, 0.25) is 0 Å². The lowest BCUT2D eigenvalue weighted by Gasteiger charge is -2.17. The van der Waals surface area contributed by atoms with Crippen LogP contribution in [-0.2, 0) is 30.3 Å². The summed E-state index contributed by atoms with van der Waals surface area (Å²) in [5.74, 6) is -2.35. The van der Waals surface area contributed by atoms with E-state index in [1.807, 2.05) is 0 Å². The monoisotopic (exact) mass is 547 g/mol. The van der Waals surface area contributed by atoms with Gasteiger partial charge in [-0.2, -0.15) is 0 Å². The minimum Gasteiger partial charge on any atom is -0.481 e. The van der Waals surface area contributed by atoms with Crippen LogP contribution < -0.4 is 22.1 Å². The average molecular weight is 548 g/mol. The number of carboxylic acids is 1. The van der Waals surface area contributed by atoms with E-state index in [1.165, 1.54) is 0 Å². The molecule has 0 fully saturated rings. The number of ether oxygens (including phenoxy) is 1. The number of nitrogens with zero attached hydrogens (tertiary/aromatic N) is 1. The van der Waals surface area contributed by atoms with Gasteiger partial charge in [0.25, 0.3) is 0 Å². The Bertz CT molecular complexity index is 1040. The van der Waals surface area contributed by atoms with Crippen molar-refractivity contribution in [1.82, 2.24) is 10.6 Å². The second kappa shape index (κ2) is 18.0. The third kappa shape index (κ3) is 14.9. The van der Waals surface area contributed by atoms with Crippen LogP contribution in [0.3, 0.4) is 0 Å². The molecule has 0 saturated heterocycles. The Morgan fingerprint density at radius 1 is 1.05 bits per heavy atom. The van der Waals surface area contributed by atoms with Crippen LogP contribution in [0.25, 0.3) is 0 Å². The molecule has 0 bridgehead atoms. The van der Waals surface area contributed by atoms with Gasteiger partial charge in [-0.25, -0.2) is 4.79 Å². The number of hydrogen-bond acceptors (Lipinski definition) is 8. The first-order valence-electron chi connectivity index (χ1n) is 12.6. The van der Waals surface area contributed by atoms with Gasteiger partial charge in [0.2, 0.25) is 11.8 Å². The molecule has 0 saturated carbocycles. The molecule has 2 atom stereocenters. The highest BCUT2D eigenvalue weighted by Gasteiger charge is 2.23. The van der Waals surface area contributed by atoms with E-state index in [0.29, 0.717) is 49.9 Å². The molecule has 0 unspecified atom stereocenters. The molecule has 13 heteroatoms. The fraction of sp³-hybridized carbons (Fsp3) is 0.500. The molecule has 0 aliphatic rings. The quantitative estimate of drug-likeness (QED) is 0.0716. The Morgan fingerprint density at radius 3 is 2.44 bits per heavy atom. The number of ketones is 1. The van der Waals surface area contributed by atoms with E-state index >= 15 is 0 Å². The number of aliphatic imine (C=N–C) groups is 1. The first-order valence-corrected chi connectivity index (χ1v) is 12.6. The van der Waals surface area contributed by atoms with Gasteiger partial charge < -0.3 is 36.7 Å². The minimum atomic E-state index is -1.16. The Morgan fingerprint density at radius 2 is 1.79 bits per heavy atom. The van der Waals surface area contributed by atoms with Crippen LogP contribution in [0.1, 0.15) is 67.8 Å². The van der Waals surface area contributed by atoms with Crippen LogP contribution in [0, 0.1) is 0 Å². The lowest BCUT2D eigenvalue weighted by molar-refractivity contribution is -0.137. The van der Waals surface area contributed by atoms with Crippen LogP contribution in [0.5, 0.6) is 0 Å². The number of carbonyl (C=O) groups is 6. The topological polar surface area (TPSA) is 220 Å². The van der Waals surface area contributed by atoms with Crippen molar-refractivity contribution >= 4 is 41.8 Å². The molecular formula is C26H37N5O8. The number of hydrogen-bond donors (Lipinski definition) is 5. The number of nitrogens with two attached hydrogens (primary N) is 2. The molecule has 39 heavy (non-hydrogen) atoms. The van der Waals surface area contributed by atoms with Gasteiger partial charge >= 0.3 is 12.1 Å². The zero-order valence-corrected chi connectivity index (χ0v) is 22.0. The number of rotatable bonds is 19. The normalized spacial score (nSPS) is 12.6. The number of amides is 3. The summed E-state index contributed by atoms with van der Waals surface area (Å²) in [6.45, 7) is 2.07. The number of carbonyl (C=O) groups excluding carboxylic acids is 5. The molecule has 0 radical (unpaired) electrons. The predicted octanol–water partition coefficient (Wildman–Crippen LogP) is 0.868. The summed E-state index contributed by atoms with van der Waals surface area (Å²) in [4.78, 5) is 74.6. The third-order valence-electron chi connectivity index (χ3n) is 5.53. The smallest absolute Gasteiger partial charge is 0.407 e. The highest BCUT2D eigenvalue weighted by atomic mass is 16.5. The lowest BCUT2D eigenvalue weighted by atomic mass is 10.0. The maximum atomic E-state index is 12.7. The van der Waals surface area contributed by atoms with Crippen molar-refractivity contribution in [3.8, 4) is 0 Å². The lowest BCUT2D eigenvalue weighted by Crippen LogP contribution is -2.42. The van der Waals surface area contributed by atoms with Crippen molar-refractivity contribution in [3.63, 3.8) is 0 Å². The number of aliphatic carboxylic acids is 1. The van der Waals surface area contributed by atoms with Crippen LogP contribution in [0.15, 0.2) is 29.3 Å².